The molecule has 0 heterocycles. The summed E-state index contributed by atoms with van der Waals surface area (Å²) in [6, 6.07) is 8.18. The van der Waals surface area contributed by atoms with Crippen LogP contribution >= 0.6 is 0 Å². The molecule has 0 unspecified atom stereocenters. The molecule has 0 saturated heterocycles. The van der Waals surface area contributed by atoms with Gasteiger partial charge in [0.1, 0.15) is 11.6 Å². The van der Waals surface area contributed by atoms with E-state index >= 15 is 0 Å². The highest BCUT2D eigenvalue weighted by Gasteiger charge is 2.24. The van der Waals surface area contributed by atoms with Crippen LogP contribution in [0.2, 0.25) is 0 Å². The third kappa shape index (κ3) is 2.97. The van der Waals surface area contributed by atoms with Crippen molar-refractivity contribution in [3.05, 3.63) is 54.1 Å². The molecular weight excluding hydrogens is 298 g/mol. The van der Waals surface area contributed by atoms with Crippen LogP contribution in [0.3, 0.4) is 0 Å². The summed E-state index contributed by atoms with van der Waals surface area (Å²) in [6.07, 6.45) is 0. The predicted octanol–water partition coefficient (Wildman–Crippen LogP) is 2.76. The van der Waals surface area contributed by atoms with Gasteiger partial charge in [-0.1, -0.05) is 0 Å². The predicted molar refractivity (Wildman–Crippen MR) is 77.4 cm³/mol. The fourth-order valence-corrected chi connectivity index (χ4v) is 3.38. The third-order valence-electron chi connectivity index (χ3n) is 2.96. The minimum absolute atomic E-state index is 0.0475. The van der Waals surface area contributed by atoms with Gasteiger partial charge in [-0.25, -0.2) is 17.2 Å². The molecule has 0 aliphatic rings. The number of benzene rings is 2. The second kappa shape index (κ2) is 5.69. The molecule has 4 nitrogen and oxygen atoms in total. The Morgan fingerprint density at radius 3 is 2.24 bits per heavy atom. The molecule has 0 amide bonds. The number of hydrogen-bond acceptors (Lipinski definition) is 3. The fraction of sp³-hybridized carbons (Fsp3) is 0.143. The van der Waals surface area contributed by atoms with Gasteiger partial charge >= 0.3 is 0 Å². The molecule has 0 aromatic heterocycles. The molecule has 2 rings (SSSR count). The van der Waals surface area contributed by atoms with Crippen LogP contribution in [-0.4, -0.2) is 15.0 Å². The largest absolute Gasteiger partial charge is 0.396 e. The van der Waals surface area contributed by atoms with Crippen molar-refractivity contribution in [1.82, 2.24) is 0 Å². The molecule has 2 N–H and O–H groups in total. The summed E-state index contributed by atoms with van der Waals surface area (Å²) >= 11 is 0. The molecule has 0 radical (unpaired) electrons. The number of nitrogen functional groups attached to an aromatic ring is 1. The van der Waals surface area contributed by atoms with Crippen molar-refractivity contribution in [1.29, 1.82) is 0 Å². The Morgan fingerprint density at radius 1 is 1.10 bits per heavy atom. The highest BCUT2D eigenvalue weighted by atomic mass is 32.2. The first-order valence-corrected chi connectivity index (χ1v) is 7.63. The molecule has 0 aliphatic carbocycles. The van der Waals surface area contributed by atoms with E-state index in [1.807, 2.05) is 0 Å². The van der Waals surface area contributed by atoms with E-state index in [9.17, 15) is 17.2 Å². The number of anilines is 2. The maximum absolute atomic E-state index is 13.2. The molecule has 112 valence electrons. The summed E-state index contributed by atoms with van der Waals surface area (Å²) in [5.41, 5.74) is 5.58. The van der Waals surface area contributed by atoms with Gasteiger partial charge in [0.25, 0.3) is 10.0 Å². The lowest BCUT2D eigenvalue weighted by Crippen LogP contribution is -2.30. The van der Waals surface area contributed by atoms with Gasteiger partial charge < -0.3 is 5.73 Å². The molecule has 21 heavy (non-hydrogen) atoms. The van der Waals surface area contributed by atoms with Crippen molar-refractivity contribution in [2.45, 2.75) is 11.8 Å². The van der Waals surface area contributed by atoms with Gasteiger partial charge in [0.2, 0.25) is 0 Å². The molecule has 0 fully saturated rings. The Morgan fingerprint density at radius 2 is 1.71 bits per heavy atom. The average Bonchev–Trinajstić information content (AvgIpc) is 2.44. The zero-order valence-corrected chi connectivity index (χ0v) is 12.1. The number of rotatable bonds is 4. The minimum atomic E-state index is -3.86. The van der Waals surface area contributed by atoms with Crippen molar-refractivity contribution in [2.75, 3.05) is 16.6 Å². The Balaban J connectivity index is 2.48. The Hall–Kier alpha value is -2.15. The van der Waals surface area contributed by atoms with E-state index in [4.69, 9.17) is 5.73 Å². The topological polar surface area (TPSA) is 63.4 Å². The highest BCUT2D eigenvalue weighted by molar-refractivity contribution is 7.92. The van der Waals surface area contributed by atoms with E-state index in [2.05, 4.69) is 0 Å². The normalized spacial score (nSPS) is 11.4. The standard InChI is InChI=1S/C14H14F2N2O2S/c1-2-18(11-5-8-13(16)14(17)9-11)21(19,20)12-6-3-10(15)4-7-12/h3-9H,2,17H2,1H3. The summed E-state index contributed by atoms with van der Waals surface area (Å²) in [6.45, 7) is 1.77. The SMILES string of the molecule is CCN(c1ccc(F)c(N)c1)S(=O)(=O)c1ccc(F)cc1. The van der Waals surface area contributed by atoms with Crippen molar-refractivity contribution < 1.29 is 17.2 Å². The lowest BCUT2D eigenvalue weighted by atomic mass is 10.2. The van der Waals surface area contributed by atoms with E-state index in [-0.39, 0.29) is 22.8 Å². The molecule has 0 bridgehead atoms. The minimum Gasteiger partial charge on any atom is -0.396 e. The van der Waals surface area contributed by atoms with Crippen LogP contribution in [0.15, 0.2) is 47.4 Å². The quantitative estimate of drug-likeness (QED) is 0.883. The maximum atomic E-state index is 13.2. The van der Waals surface area contributed by atoms with E-state index in [1.165, 1.54) is 24.3 Å². The zero-order valence-electron chi connectivity index (χ0n) is 11.3. The second-order valence-corrected chi connectivity index (χ2v) is 6.19. The summed E-state index contributed by atoms with van der Waals surface area (Å²) in [5.74, 6) is -1.14. The molecule has 0 aliphatic heterocycles. The Labute approximate surface area is 121 Å². The van der Waals surface area contributed by atoms with Gasteiger partial charge in [0.05, 0.1) is 16.3 Å². The molecule has 2 aromatic rings. The fourth-order valence-electron chi connectivity index (χ4n) is 1.91. The van der Waals surface area contributed by atoms with Gasteiger partial charge in [-0.15, -0.1) is 0 Å². The molecule has 0 spiro atoms. The van der Waals surface area contributed by atoms with Crippen LogP contribution < -0.4 is 10.0 Å². The number of halogens is 2. The van der Waals surface area contributed by atoms with E-state index < -0.39 is 21.7 Å². The molecular formula is C14H14F2N2O2S. The van der Waals surface area contributed by atoms with Crippen molar-refractivity contribution in [2.24, 2.45) is 0 Å². The molecule has 2 aromatic carbocycles. The van der Waals surface area contributed by atoms with Crippen molar-refractivity contribution in [3.8, 4) is 0 Å². The average molecular weight is 312 g/mol. The lowest BCUT2D eigenvalue weighted by molar-refractivity contribution is 0.590. The van der Waals surface area contributed by atoms with Crippen LogP contribution in [0.1, 0.15) is 6.92 Å². The first kappa shape index (κ1) is 15.2. The van der Waals surface area contributed by atoms with Crippen LogP contribution in [0.5, 0.6) is 0 Å². The van der Waals surface area contributed by atoms with Crippen molar-refractivity contribution in [3.63, 3.8) is 0 Å². The van der Waals surface area contributed by atoms with E-state index in [0.717, 1.165) is 22.5 Å². The molecule has 7 heteroatoms. The zero-order chi connectivity index (χ0) is 15.6. The van der Waals surface area contributed by atoms with E-state index in [1.54, 1.807) is 6.92 Å². The van der Waals surface area contributed by atoms with Gasteiger partial charge in [-0.2, -0.15) is 0 Å². The highest BCUT2D eigenvalue weighted by Crippen LogP contribution is 2.26. The van der Waals surface area contributed by atoms with Crippen molar-refractivity contribution >= 4 is 21.4 Å². The van der Waals surface area contributed by atoms with Crippen LogP contribution in [0.4, 0.5) is 20.2 Å². The molecule has 0 atom stereocenters. The van der Waals surface area contributed by atoms with Gasteiger partial charge in [0.15, 0.2) is 0 Å². The maximum Gasteiger partial charge on any atom is 0.264 e. The number of sulfonamides is 1. The summed E-state index contributed by atoms with van der Waals surface area (Å²) in [7, 11) is -3.86. The van der Waals surface area contributed by atoms with Crippen LogP contribution in [0, 0.1) is 11.6 Å². The summed E-state index contributed by atoms with van der Waals surface area (Å²) < 4.78 is 52.3. The summed E-state index contributed by atoms with van der Waals surface area (Å²) in [5, 5.41) is 0. The second-order valence-electron chi connectivity index (χ2n) is 4.33. The van der Waals surface area contributed by atoms with Gasteiger partial charge in [-0.3, -0.25) is 4.31 Å². The third-order valence-corrected chi connectivity index (χ3v) is 4.87. The Kier molecular flexibility index (Phi) is 4.13. The number of nitrogens with two attached hydrogens (primary N) is 1. The number of hydrogen-bond donors (Lipinski definition) is 1. The van der Waals surface area contributed by atoms with Crippen LogP contribution in [0.25, 0.3) is 0 Å². The van der Waals surface area contributed by atoms with Crippen LogP contribution in [-0.2, 0) is 10.0 Å². The Bertz CT molecular complexity index is 746. The number of nitrogens with zero attached hydrogens (tertiary/aromatic N) is 1. The smallest absolute Gasteiger partial charge is 0.264 e. The van der Waals surface area contributed by atoms with Gasteiger partial charge in [-0.05, 0) is 49.4 Å². The molecule has 0 saturated carbocycles. The van der Waals surface area contributed by atoms with Gasteiger partial charge in [0, 0.05) is 6.54 Å². The first-order chi connectivity index (χ1) is 9.86. The summed E-state index contributed by atoms with van der Waals surface area (Å²) in [4.78, 5) is -0.0475. The first-order valence-electron chi connectivity index (χ1n) is 6.19. The monoisotopic (exact) mass is 312 g/mol. The van der Waals surface area contributed by atoms with E-state index in [0.29, 0.717) is 0 Å². The lowest BCUT2D eigenvalue weighted by Gasteiger charge is -2.23.